The van der Waals surface area contributed by atoms with Gasteiger partial charge in [-0.05, 0) is 25.5 Å². The minimum Gasteiger partial charge on any atom is -0.330 e. The van der Waals surface area contributed by atoms with Crippen LogP contribution in [-0.4, -0.2) is 11.5 Å². The molecule has 0 spiro atoms. The van der Waals surface area contributed by atoms with Gasteiger partial charge in [-0.15, -0.1) is 12.4 Å². The molecule has 0 heterocycles. The second-order valence-electron chi connectivity index (χ2n) is 3.85. The van der Waals surface area contributed by atoms with Crippen LogP contribution in [0.5, 0.6) is 0 Å². The summed E-state index contributed by atoms with van der Waals surface area (Å²) in [5.41, 5.74) is 11.2. The van der Waals surface area contributed by atoms with Gasteiger partial charge in [0.15, 0.2) is 0 Å². The Balaban J connectivity index is 0.00000289. The van der Waals surface area contributed by atoms with Gasteiger partial charge in [-0.3, -0.25) is 10.1 Å². The molecule has 1 atom stereocenters. The van der Waals surface area contributed by atoms with E-state index in [1.807, 2.05) is 0 Å². The van der Waals surface area contributed by atoms with Crippen LogP contribution in [0.15, 0.2) is 18.2 Å². The number of unbranched alkanes of at least 4 members (excludes halogenated alkanes) is 1. The monoisotopic (exact) mass is 277 g/mol. The molecule has 0 amide bonds. The van der Waals surface area contributed by atoms with Crippen molar-refractivity contribution in [1.82, 2.24) is 0 Å². The fourth-order valence-corrected chi connectivity index (χ4v) is 1.59. The maximum Gasteiger partial charge on any atom is 0.269 e. The zero-order valence-corrected chi connectivity index (χ0v) is 10.7. The molecule has 1 aromatic rings. The van der Waals surface area contributed by atoms with E-state index in [0.29, 0.717) is 13.0 Å². The van der Waals surface area contributed by atoms with Crippen LogP contribution < -0.4 is 11.5 Å². The van der Waals surface area contributed by atoms with Crippen molar-refractivity contribution < 1.29 is 9.31 Å². The maximum absolute atomic E-state index is 13.5. The van der Waals surface area contributed by atoms with Crippen molar-refractivity contribution in [2.75, 3.05) is 6.54 Å². The summed E-state index contributed by atoms with van der Waals surface area (Å²) < 4.78 is 13.5. The van der Waals surface area contributed by atoms with Gasteiger partial charge in [0, 0.05) is 23.7 Å². The summed E-state index contributed by atoms with van der Waals surface area (Å²) in [5.74, 6) is -0.504. The average molecular weight is 278 g/mol. The first kappa shape index (κ1) is 16.8. The number of hydrogen-bond acceptors (Lipinski definition) is 4. The number of halogens is 2. The van der Waals surface area contributed by atoms with Gasteiger partial charge in [0.1, 0.15) is 5.82 Å². The zero-order valence-electron chi connectivity index (χ0n) is 9.84. The van der Waals surface area contributed by atoms with Gasteiger partial charge in [-0.1, -0.05) is 6.42 Å². The van der Waals surface area contributed by atoms with Crippen molar-refractivity contribution >= 4 is 18.1 Å². The lowest BCUT2D eigenvalue weighted by molar-refractivity contribution is -0.385. The van der Waals surface area contributed by atoms with Gasteiger partial charge in [0.05, 0.1) is 4.92 Å². The summed E-state index contributed by atoms with van der Waals surface area (Å²) in [5, 5.41) is 10.6. The first-order valence-electron chi connectivity index (χ1n) is 5.45. The van der Waals surface area contributed by atoms with E-state index in [4.69, 9.17) is 11.5 Å². The molecule has 102 valence electrons. The summed E-state index contributed by atoms with van der Waals surface area (Å²) in [6.45, 7) is 0.560. The Kier molecular flexibility index (Phi) is 7.42. The van der Waals surface area contributed by atoms with Crippen LogP contribution in [0.1, 0.15) is 30.9 Å². The Hall–Kier alpha value is -1.24. The molecule has 5 nitrogen and oxygen atoms in total. The van der Waals surface area contributed by atoms with E-state index in [2.05, 4.69) is 0 Å². The minimum absolute atomic E-state index is 0. The fraction of sp³-hybridized carbons (Fsp3) is 0.455. The van der Waals surface area contributed by atoms with E-state index < -0.39 is 16.8 Å². The van der Waals surface area contributed by atoms with E-state index in [1.165, 1.54) is 6.07 Å². The topological polar surface area (TPSA) is 95.2 Å². The third-order valence-electron chi connectivity index (χ3n) is 2.56. The Morgan fingerprint density at radius 1 is 1.39 bits per heavy atom. The number of nitrogens with two attached hydrogens (primary N) is 2. The lowest BCUT2D eigenvalue weighted by Crippen LogP contribution is -2.13. The molecule has 0 unspecified atom stereocenters. The molecule has 0 aliphatic rings. The third kappa shape index (κ3) is 4.56. The van der Waals surface area contributed by atoms with Crippen LogP contribution >= 0.6 is 12.4 Å². The zero-order chi connectivity index (χ0) is 12.8. The Bertz CT molecular complexity index is 404. The van der Waals surface area contributed by atoms with Gasteiger partial charge in [0.2, 0.25) is 0 Å². The second kappa shape index (κ2) is 7.97. The molecule has 7 heteroatoms. The number of nitro benzene ring substituents is 1. The predicted molar refractivity (Wildman–Crippen MR) is 70.1 cm³/mol. The molecule has 0 saturated carbocycles. The van der Waals surface area contributed by atoms with Crippen LogP contribution in [-0.2, 0) is 0 Å². The van der Waals surface area contributed by atoms with Crippen LogP contribution in [0.3, 0.4) is 0 Å². The Morgan fingerprint density at radius 3 is 2.61 bits per heavy atom. The second-order valence-corrected chi connectivity index (χ2v) is 3.85. The lowest BCUT2D eigenvalue weighted by Gasteiger charge is -2.12. The Morgan fingerprint density at radius 2 is 2.06 bits per heavy atom. The summed E-state index contributed by atoms with van der Waals surface area (Å²) >= 11 is 0. The van der Waals surface area contributed by atoms with Crippen LogP contribution in [0.2, 0.25) is 0 Å². The Labute approximate surface area is 111 Å². The van der Waals surface area contributed by atoms with Crippen LogP contribution in [0.4, 0.5) is 10.1 Å². The molecule has 4 N–H and O–H groups in total. The molecule has 0 aromatic heterocycles. The molecule has 0 saturated heterocycles. The van der Waals surface area contributed by atoms with Crippen molar-refractivity contribution in [3.8, 4) is 0 Å². The van der Waals surface area contributed by atoms with Crippen molar-refractivity contribution in [3.63, 3.8) is 0 Å². The predicted octanol–water partition coefficient (Wildman–Crippen LogP) is 2.28. The van der Waals surface area contributed by atoms with Crippen molar-refractivity contribution in [2.24, 2.45) is 11.5 Å². The number of nitro groups is 1. The molecular weight excluding hydrogens is 261 g/mol. The highest BCUT2D eigenvalue weighted by Gasteiger charge is 2.15. The average Bonchev–Trinajstić information content (AvgIpc) is 2.29. The molecule has 0 fully saturated rings. The summed E-state index contributed by atoms with van der Waals surface area (Å²) in [6.07, 6.45) is 2.15. The number of non-ortho nitro benzene ring substituents is 1. The van der Waals surface area contributed by atoms with Crippen LogP contribution in [0.25, 0.3) is 0 Å². The van der Waals surface area contributed by atoms with E-state index in [0.717, 1.165) is 25.0 Å². The largest absolute Gasteiger partial charge is 0.330 e. The normalized spacial score (nSPS) is 11.7. The summed E-state index contributed by atoms with van der Waals surface area (Å²) in [4.78, 5) is 10.0. The number of benzene rings is 1. The van der Waals surface area contributed by atoms with Crippen LogP contribution in [0, 0.1) is 15.9 Å². The number of rotatable bonds is 6. The quantitative estimate of drug-likeness (QED) is 0.474. The van der Waals surface area contributed by atoms with Crippen molar-refractivity contribution in [3.05, 3.63) is 39.7 Å². The maximum atomic E-state index is 13.5. The van der Waals surface area contributed by atoms with Gasteiger partial charge in [-0.25, -0.2) is 4.39 Å². The highest BCUT2D eigenvalue weighted by atomic mass is 35.5. The highest BCUT2D eigenvalue weighted by molar-refractivity contribution is 5.85. The summed E-state index contributed by atoms with van der Waals surface area (Å²) in [6, 6.07) is 2.88. The van der Waals surface area contributed by atoms with Crippen molar-refractivity contribution in [1.29, 1.82) is 0 Å². The molecule has 0 bridgehead atoms. The first-order valence-corrected chi connectivity index (χ1v) is 5.45. The molecule has 1 rings (SSSR count). The standard InChI is InChI=1S/C11H16FN3O2.ClH/c12-10-5-4-8(15(16)17)7-9(10)11(14)3-1-2-6-13;/h4-5,7,11H,1-3,6,13-14H2;1H/t11-;/m1./s1. The van der Waals surface area contributed by atoms with Crippen molar-refractivity contribution in [2.45, 2.75) is 25.3 Å². The van der Waals surface area contributed by atoms with E-state index >= 15 is 0 Å². The van der Waals surface area contributed by atoms with E-state index in [-0.39, 0.29) is 23.7 Å². The molecule has 18 heavy (non-hydrogen) atoms. The first-order chi connectivity index (χ1) is 8.06. The van der Waals surface area contributed by atoms with Gasteiger partial charge < -0.3 is 11.5 Å². The molecule has 0 radical (unpaired) electrons. The molecule has 0 aliphatic heterocycles. The minimum atomic E-state index is -0.560. The smallest absolute Gasteiger partial charge is 0.269 e. The third-order valence-corrected chi connectivity index (χ3v) is 2.56. The lowest BCUT2D eigenvalue weighted by atomic mass is 10.0. The van der Waals surface area contributed by atoms with E-state index in [1.54, 1.807) is 0 Å². The number of nitrogens with zero attached hydrogens (tertiary/aromatic N) is 1. The summed E-state index contributed by atoms with van der Waals surface area (Å²) in [7, 11) is 0. The van der Waals surface area contributed by atoms with Gasteiger partial charge in [0.25, 0.3) is 5.69 Å². The SMILES string of the molecule is Cl.NCCCC[C@@H](N)c1cc([N+](=O)[O-])ccc1F. The highest BCUT2D eigenvalue weighted by Crippen LogP contribution is 2.24. The molecule has 0 aliphatic carbocycles. The van der Waals surface area contributed by atoms with E-state index in [9.17, 15) is 14.5 Å². The van der Waals surface area contributed by atoms with Gasteiger partial charge in [-0.2, -0.15) is 0 Å². The molecular formula is C11H17ClFN3O2. The number of hydrogen-bond donors (Lipinski definition) is 2. The van der Waals surface area contributed by atoms with Gasteiger partial charge >= 0.3 is 0 Å². The molecule has 1 aromatic carbocycles. The fourth-order valence-electron chi connectivity index (χ4n) is 1.59.